The standard InChI is InChI=1S/C8H10O/c1-2-3-7-4-5-8(9)6-7/h2,4H,1,3,5-6H2. The molecule has 0 bridgehead atoms. The van der Waals surface area contributed by atoms with E-state index in [1.165, 1.54) is 5.57 Å². The molecule has 0 aromatic carbocycles. The number of rotatable bonds is 2. The molecule has 0 unspecified atom stereocenters. The van der Waals surface area contributed by atoms with Gasteiger partial charge in [-0.15, -0.1) is 6.58 Å². The lowest BCUT2D eigenvalue weighted by molar-refractivity contribution is -0.117. The maximum absolute atomic E-state index is 10.6. The van der Waals surface area contributed by atoms with Crippen molar-refractivity contribution in [2.24, 2.45) is 0 Å². The van der Waals surface area contributed by atoms with E-state index in [0.717, 1.165) is 6.42 Å². The summed E-state index contributed by atoms with van der Waals surface area (Å²) >= 11 is 0. The van der Waals surface area contributed by atoms with Gasteiger partial charge in [0, 0.05) is 12.8 Å². The second-order valence-electron chi connectivity index (χ2n) is 2.27. The molecule has 0 amide bonds. The van der Waals surface area contributed by atoms with Gasteiger partial charge in [0.05, 0.1) is 0 Å². The van der Waals surface area contributed by atoms with Gasteiger partial charge in [0.1, 0.15) is 5.78 Å². The number of Topliss-reactive ketones (excluding diaryl/α,β-unsaturated/α-hetero) is 1. The van der Waals surface area contributed by atoms with Crippen LogP contribution < -0.4 is 0 Å². The molecule has 1 rings (SSSR count). The number of carbonyl (C=O) groups excluding carboxylic acids is 1. The normalized spacial score (nSPS) is 17.8. The fraction of sp³-hybridized carbons (Fsp3) is 0.375. The van der Waals surface area contributed by atoms with Gasteiger partial charge in [-0.1, -0.05) is 17.7 Å². The first-order valence-electron chi connectivity index (χ1n) is 3.13. The highest BCUT2D eigenvalue weighted by Crippen LogP contribution is 2.17. The lowest BCUT2D eigenvalue weighted by atomic mass is 10.2. The first-order valence-corrected chi connectivity index (χ1v) is 3.13. The van der Waals surface area contributed by atoms with Gasteiger partial charge in [-0.25, -0.2) is 0 Å². The minimum atomic E-state index is 0.340. The highest BCUT2D eigenvalue weighted by Gasteiger charge is 2.10. The first kappa shape index (κ1) is 6.27. The van der Waals surface area contributed by atoms with Crippen molar-refractivity contribution in [3.05, 3.63) is 24.3 Å². The van der Waals surface area contributed by atoms with Crippen LogP contribution in [0.3, 0.4) is 0 Å². The van der Waals surface area contributed by atoms with Crippen molar-refractivity contribution in [1.82, 2.24) is 0 Å². The predicted molar refractivity (Wildman–Crippen MR) is 37.1 cm³/mol. The zero-order valence-corrected chi connectivity index (χ0v) is 5.39. The van der Waals surface area contributed by atoms with Gasteiger partial charge in [-0.2, -0.15) is 0 Å². The number of carbonyl (C=O) groups is 1. The molecule has 0 spiro atoms. The van der Waals surface area contributed by atoms with Gasteiger partial charge < -0.3 is 0 Å². The van der Waals surface area contributed by atoms with Gasteiger partial charge >= 0.3 is 0 Å². The third-order valence-corrected chi connectivity index (χ3v) is 1.45. The molecule has 0 saturated heterocycles. The average Bonchev–Trinajstić information content (AvgIpc) is 2.17. The van der Waals surface area contributed by atoms with E-state index in [2.05, 4.69) is 6.58 Å². The van der Waals surface area contributed by atoms with Crippen molar-refractivity contribution in [2.75, 3.05) is 0 Å². The summed E-state index contributed by atoms with van der Waals surface area (Å²) in [5.74, 6) is 0.340. The Hall–Kier alpha value is -0.850. The molecular formula is C8H10O. The molecule has 9 heavy (non-hydrogen) atoms. The molecule has 0 aromatic heterocycles. The number of allylic oxidation sites excluding steroid dienone is 3. The summed E-state index contributed by atoms with van der Waals surface area (Å²) in [6, 6.07) is 0. The van der Waals surface area contributed by atoms with E-state index >= 15 is 0 Å². The van der Waals surface area contributed by atoms with Crippen molar-refractivity contribution in [2.45, 2.75) is 19.3 Å². The second kappa shape index (κ2) is 2.62. The average molecular weight is 122 g/mol. The number of ketones is 1. The predicted octanol–water partition coefficient (Wildman–Crippen LogP) is 1.85. The molecular weight excluding hydrogens is 112 g/mol. The molecule has 0 aliphatic heterocycles. The molecule has 1 nitrogen and oxygen atoms in total. The zero-order chi connectivity index (χ0) is 6.69. The van der Waals surface area contributed by atoms with Crippen LogP contribution in [-0.2, 0) is 4.79 Å². The fourth-order valence-electron chi connectivity index (χ4n) is 0.997. The highest BCUT2D eigenvalue weighted by molar-refractivity contribution is 5.85. The largest absolute Gasteiger partial charge is 0.299 e. The Labute approximate surface area is 55.1 Å². The van der Waals surface area contributed by atoms with Crippen LogP contribution >= 0.6 is 0 Å². The number of hydrogen-bond donors (Lipinski definition) is 0. The molecule has 48 valence electrons. The smallest absolute Gasteiger partial charge is 0.140 e. The van der Waals surface area contributed by atoms with Crippen LogP contribution in [0.5, 0.6) is 0 Å². The van der Waals surface area contributed by atoms with Gasteiger partial charge in [-0.3, -0.25) is 4.79 Å². The summed E-state index contributed by atoms with van der Waals surface area (Å²) in [7, 11) is 0. The van der Waals surface area contributed by atoms with Crippen molar-refractivity contribution in [1.29, 1.82) is 0 Å². The maximum atomic E-state index is 10.6. The Morgan fingerprint density at radius 3 is 3.00 bits per heavy atom. The Kier molecular flexibility index (Phi) is 1.83. The lowest BCUT2D eigenvalue weighted by Gasteiger charge is -1.90. The van der Waals surface area contributed by atoms with Crippen LogP contribution in [-0.4, -0.2) is 5.78 Å². The van der Waals surface area contributed by atoms with E-state index in [1.54, 1.807) is 0 Å². The molecule has 0 atom stereocenters. The minimum absolute atomic E-state index is 0.340. The minimum Gasteiger partial charge on any atom is -0.299 e. The Morgan fingerprint density at radius 2 is 2.56 bits per heavy atom. The summed E-state index contributed by atoms with van der Waals surface area (Å²) < 4.78 is 0. The molecule has 0 aromatic rings. The van der Waals surface area contributed by atoms with Gasteiger partial charge in [0.2, 0.25) is 0 Å². The van der Waals surface area contributed by atoms with E-state index in [4.69, 9.17) is 0 Å². The lowest BCUT2D eigenvalue weighted by Crippen LogP contribution is -1.87. The van der Waals surface area contributed by atoms with Crippen LogP contribution in [0.4, 0.5) is 0 Å². The van der Waals surface area contributed by atoms with Gasteiger partial charge in [-0.05, 0) is 6.42 Å². The highest BCUT2D eigenvalue weighted by atomic mass is 16.1. The molecule has 1 aliphatic carbocycles. The zero-order valence-electron chi connectivity index (χ0n) is 5.39. The quantitative estimate of drug-likeness (QED) is 0.511. The van der Waals surface area contributed by atoms with Crippen molar-refractivity contribution < 1.29 is 4.79 Å². The third kappa shape index (κ3) is 1.53. The summed E-state index contributed by atoms with van der Waals surface area (Å²) in [5, 5.41) is 0. The third-order valence-electron chi connectivity index (χ3n) is 1.45. The molecule has 0 radical (unpaired) electrons. The van der Waals surface area contributed by atoms with Crippen LogP contribution in [0.15, 0.2) is 24.3 Å². The van der Waals surface area contributed by atoms with Crippen molar-refractivity contribution in [3.8, 4) is 0 Å². The summed E-state index contributed by atoms with van der Waals surface area (Å²) in [5.41, 5.74) is 1.23. The summed E-state index contributed by atoms with van der Waals surface area (Å²) in [4.78, 5) is 10.6. The Morgan fingerprint density at radius 1 is 1.78 bits per heavy atom. The first-order chi connectivity index (χ1) is 4.33. The Bertz CT molecular complexity index is 165. The summed E-state index contributed by atoms with van der Waals surface area (Å²) in [6.07, 6.45) is 6.02. The molecule has 0 saturated carbocycles. The van der Waals surface area contributed by atoms with Crippen molar-refractivity contribution >= 4 is 5.78 Å². The molecule has 0 fully saturated rings. The van der Waals surface area contributed by atoms with Crippen LogP contribution in [0, 0.1) is 0 Å². The van der Waals surface area contributed by atoms with Crippen LogP contribution in [0.2, 0.25) is 0 Å². The van der Waals surface area contributed by atoms with Crippen LogP contribution in [0.1, 0.15) is 19.3 Å². The van der Waals surface area contributed by atoms with Gasteiger partial charge in [0.25, 0.3) is 0 Å². The van der Waals surface area contributed by atoms with Gasteiger partial charge in [0.15, 0.2) is 0 Å². The molecule has 0 heterocycles. The SMILES string of the molecule is C=CCC1=CCC(=O)C1. The second-order valence-corrected chi connectivity index (χ2v) is 2.27. The maximum Gasteiger partial charge on any atom is 0.140 e. The van der Waals surface area contributed by atoms with Crippen LogP contribution in [0.25, 0.3) is 0 Å². The van der Waals surface area contributed by atoms with E-state index in [1.807, 2.05) is 12.2 Å². The molecule has 1 aliphatic rings. The summed E-state index contributed by atoms with van der Waals surface area (Å²) in [6.45, 7) is 3.60. The van der Waals surface area contributed by atoms with E-state index in [0.29, 0.717) is 18.6 Å². The fourth-order valence-corrected chi connectivity index (χ4v) is 0.997. The molecule has 0 N–H and O–H groups in total. The van der Waals surface area contributed by atoms with E-state index in [9.17, 15) is 4.79 Å². The molecule has 1 heteroatoms. The number of hydrogen-bond acceptors (Lipinski definition) is 1. The Balaban J connectivity index is 2.44. The topological polar surface area (TPSA) is 17.1 Å². The van der Waals surface area contributed by atoms with Crippen molar-refractivity contribution in [3.63, 3.8) is 0 Å². The van der Waals surface area contributed by atoms with E-state index in [-0.39, 0.29) is 0 Å². The monoisotopic (exact) mass is 122 g/mol. The van der Waals surface area contributed by atoms with E-state index < -0.39 is 0 Å².